The fourth-order valence-corrected chi connectivity index (χ4v) is 3.76. The van der Waals surface area contributed by atoms with Crippen molar-refractivity contribution in [1.82, 2.24) is 14.7 Å². The number of Topliss-reactive ketones (excluding diaryl/α,β-unsaturated/α-hetero) is 2. The van der Waals surface area contributed by atoms with Gasteiger partial charge >= 0.3 is 6.09 Å². The zero-order chi connectivity index (χ0) is 21.5. The third kappa shape index (κ3) is 4.66. The summed E-state index contributed by atoms with van der Waals surface area (Å²) in [4.78, 5) is 38.5. The van der Waals surface area contributed by atoms with Crippen molar-refractivity contribution in [3.05, 3.63) is 28.4 Å². The maximum atomic E-state index is 14.0. The minimum absolute atomic E-state index is 0.0810. The SMILES string of the molecule is CC(=O)c1nn(CC(=O)[C@H]2C[C@H](F)CN2C(=O)OC(C)(C)C)c2ccc(Br)cc12. The number of ether oxygens (including phenoxy) is 1. The molecule has 3 rings (SSSR count). The molecule has 0 aliphatic carbocycles. The second kappa shape index (κ2) is 7.85. The molecule has 1 aliphatic heterocycles. The monoisotopic (exact) mass is 467 g/mol. The van der Waals surface area contributed by atoms with Crippen molar-refractivity contribution in [3.8, 4) is 0 Å². The fourth-order valence-electron chi connectivity index (χ4n) is 3.40. The molecule has 2 atom stereocenters. The lowest BCUT2D eigenvalue weighted by molar-refractivity contribution is -0.124. The minimum atomic E-state index is -1.30. The number of alkyl halides is 1. The molecule has 0 bridgehead atoms. The zero-order valence-electron chi connectivity index (χ0n) is 16.7. The highest BCUT2D eigenvalue weighted by molar-refractivity contribution is 9.10. The molecule has 7 nitrogen and oxygen atoms in total. The standard InChI is InChI=1S/C20H23BrFN3O4/c1-11(26)18-14-7-12(21)5-6-15(14)25(23-18)10-17(27)16-8-13(22)9-24(16)19(28)29-20(2,3)4/h5-7,13,16H,8-10H2,1-4H3/t13-,16+/m0/s1. The van der Waals surface area contributed by atoms with Crippen LogP contribution in [-0.4, -0.2) is 56.7 Å². The highest BCUT2D eigenvalue weighted by atomic mass is 79.9. The van der Waals surface area contributed by atoms with Gasteiger partial charge in [0.15, 0.2) is 11.6 Å². The Morgan fingerprint density at radius 1 is 1.31 bits per heavy atom. The van der Waals surface area contributed by atoms with Crippen LogP contribution in [-0.2, 0) is 16.1 Å². The fraction of sp³-hybridized carbons (Fsp3) is 0.500. The van der Waals surface area contributed by atoms with Gasteiger partial charge in [0.05, 0.1) is 18.1 Å². The summed E-state index contributed by atoms with van der Waals surface area (Å²) in [5, 5.41) is 4.91. The Hall–Kier alpha value is -2.29. The zero-order valence-corrected chi connectivity index (χ0v) is 18.3. The van der Waals surface area contributed by atoms with E-state index >= 15 is 0 Å². The predicted octanol–water partition coefficient (Wildman–Crippen LogP) is 3.92. The largest absolute Gasteiger partial charge is 0.444 e. The third-order valence-corrected chi connectivity index (χ3v) is 5.09. The summed E-state index contributed by atoms with van der Waals surface area (Å²) in [5.74, 6) is -0.585. The van der Waals surface area contributed by atoms with Crippen LogP contribution in [0, 0.1) is 0 Å². The number of ketones is 2. The molecule has 0 spiro atoms. The minimum Gasteiger partial charge on any atom is -0.444 e. The Morgan fingerprint density at radius 3 is 2.62 bits per heavy atom. The lowest BCUT2D eigenvalue weighted by Gasteiger charge is -2.27. The van der Waals surface area contributed by atoms with Crippen molar-refractivity contribution in [1.29, 1.82) is 0 Å². The van der Waals surface area contributed by atoms with Gasteiger partial charge < -0.3 is 4.74 Å². The van der Waals surface area contributed by atoms with E-state index < -0.39 is 23.9 Å². The van der Waals surface area contributed by atoms with E-state index in [-0.39, 0.29) is 36.8 Å². The van der Waals surface area contributed by atoms with E-state index in [0.717, 1.165) is 9.37 Å². The molecule has 1 aromatic heterocycles. The van der Waals surface area contributed by atoms with Gasteiger partial charge in [0, 0.05) is 23.2 Å². The van der Waals surface area contributed by atoms with Gasteiger partial charge in [-0.05, 0) is 39.0 Å². The van der Waals surface area contributed by atoms with Gasteiger partial charge in [0.2, 0.25) is 0 Å². The van der Waals surface area contributed by atoms with Gasteiger partial charge in [0.25, 0.3) is 0 Å². The van der Waals surface area contributed by atoms with Crippen LogP contribution in [0.4, 0.5) is 9.18 Å². The Labute approximate surface area is 176 Å². The smallest absolute Gasteiger partial charge is 0.411 e. The van der Waals surface area contributed by atoms with Crippen LogP contribution in [0.5, 0.6) is 0 Å². The van der Waals surface area contributed by atoms with Crippen LogP contribution in [0.2, 0.25) is 0 Å². The highest BCUT2D eigenvalue weighted by Crippen LogP contribution is 2.27. The molecular weight excluding hydrogens is 445 g/mol. The lowest BCUT2D eigenvalue weighted by Crippen LogP contribution is -2.44. The summed E-state index contributed by atoms with van der Waals surface area (Å²) in [5.41, 5.74) is 0.124. The molecule has 1 amide bonds. The van der Waals surface area contributed by atoms with E-state index in [2.05, 4.69) is 21.0 Å². The maximum absolute atomic E-state index is 14.0. The van der Waals surface area contributed by atoms with Crippen molar-refractivity contribution in [2.24, 2.45) is 0 Å². The molecule has 1 aliphatic rings. The Kier molecular flexibility index (Phi) is 5.80. The lowest BCUT2D eigenvalue weighted by atomic mass is 10.1. The van der Waals surface area contributed by atoms with E-state index in [1.165, 1.54) is 11.6 Å². The van der Waals surface area contributed by atoms with Gasteiger partial charge in [-0.15, -0.1) is 0 Å². The maximum Gasteiger partial charge on any atom is 0.411 e. The van der Waals surface area contributed by atoms with E-state index in [4.69, 9.17) is 4.74 Å². The second-order valence-corrected chi connectivity index (χ2v) is 9.09. The molecule has 156 valence electrons. The predicted molar refractivity (Wildman–Crippen MR) is 109 cm³/mol. The van der Waals surface area contributed by atoms with Crippen molar-refractivity contribution in [2.45, 2.75) is 58.5 Å². The van der Waals surface area contributed by atoms with Gasteiger partial charge in [-0.3, -0.25) is 19.2 Å². The molecule has 1 aromatic carbocycles. The van der Waals surface area contributed by atoms with Crippen LogP contribution >= 0.6 is 15.9 Å². The third-order valence-electron chi connectivity index (χ3n) is 4.60. The quantitative estimate of drug-likeness (QED) is 0.636. The average Bonchev–Trinajstić information content (AvgIpc) is 3.14. The van der Waals surface area contributed by atoms with E-state index in [1.807, 2.05) is 0 Å². The van der Waals surface area contributed by atoms with Crippen molar-refractivity contribution < 1.29 is 23.5 Å². The van der Waals surface area contributed by atoms with Gasteiger partial charge in [-0.25, -0.2) is 9.18 Å². The van der Waals surface area contributed by atoms with Crippen LogP contribution in [0.3, 0.4) is 0 Å². The van der Waals surface area contributed by atoms with Gasteiger partial charge in [-0.1, -0.05) is 15.9 Å². The van der Waals surface area contributed by atoms with Gasteiger partial charge in [-0.2, -0.15) is 5.10 Å². The van der Waals surface area contributed by atoms with Crippen molar-refractivity contribution in [2.75, 3.05) is 6.54 Å². The first-order chi connectivity index (χ1) is 13.5. The van der Waals surface area contributed by atoms with Crippen molar-refractivity contribution in [3.63, 3.8) is 0 Å². The Morgan fingerprint density at radius 2 is 2.00 bits per heavy atom. The number of amides is 1. The molecule has 0 saturated carbocycles. The number of carbonyl (C=O) groups excluding carboxylic acids is 3. The van der Waals surface area contributed by atoms with Crippen LogP contribution < -0.4 is 0 Å². The molecule has 0 radical (unpaired) electrons. The number of likely N-dealkylation sites (tertiary alicyclic amines) is 1. The Balaban J connectivity index is 1.87. The summed E-state index contributed by atoms with van der Waals surface area (Å²) < 4.78 is 21.6. The van der Waals surface area contributed by atoms with Crippen LogP contribution in [0.15, 0.2) is 22.7 Å². The van der Waals surface area contributed by atoms with E-state index in [0.29, 0.717) is 10.9 Å². The highest BCUT2D eigenvalue weighted by Gasteiger charge is 2.41. The molecular formula is C20H23BrFN3O4. The van der Waals surface area contributed by atoms with Gasteiger partial charge in [0.1, 0.15) is 24.0 Å². The number of fused-ring (bicyclic) bond motifs is 1. The number of halogens is 2. The number of benzene rings is 1. The first kappa shape index (κ1) is 21.4. The molecule has 29 heavy (non-hydrogen) atoms. The topological polar surface area (TPSA) is 81.5 Å². The molecule has 0 N–H and O–H groups in total. The summed E-state index contributed by atoms with van der Waals surface area (Å²) in [6, 6.07) is 4.37. The molecule has 1 saturated heterocycles. The number of hydrogen-bond donors (Lipinski definition) is 0. The van der Waals surface area contributed by atoms with E-state index in [1.54, 1.807) is 39.0 Å². The molecule has 0 unspecified atom stereocenters. The molecule has 2 aromatic rings. The number of nitrogens with zero attached hydrogens (tertiary/aromatic N) is 3. The molecule has 9 heteroatoms. The van der Waals surface area contributed by atoms with Crippen LogP contribution in [0.25, 0.3) is 10.9 Å². The van der Waals surface area contributed by atoms with Crippen molar-refractivity contribution >= 4 is 44.5 Å². The normalized spacial score (nSPS) is 19.6. The summed E-state index contributed by atoms with van der Waals surface area (Å²) in [6.45, 7) is 6.18. The van der Waals surface area contributed by atoms with Crippen LogP contribution in [0.1, 0.15) is 44.6 Å². The van der Waals surface area contributed by atoms with E-state index in [9.17, 15) is 18.8 Å². The number of hydrogen-bond acceptors (Lipinski definition) is 5. The first-order valence-corrected chi connectivity index (χ1v) is 10.1. The summed E-state index contributed by atoms with van der Waals surface area (Å²) in [6.07, 6.45) is -2.09. The first-order valence-electron chi connectivity index (χ1n) is 9.29. The molecule has 2 heterocycles. The summed E-state index contributed by atoms with van der Waals surface area (Å²) in [7, 11) is 0. The Bertz CT molecular complexity index is 982. The number of aromatic nitrogens is 2. The second-order valence-electron chi connectivity index (χ2n) is 8.17. The summed E-state index contributed by atoms with van der Waals surface area (Å²) >= 11 is 3.37. The number of carbonyl (C=O) groups is 3. The number of rotatable bonds is 4. The average molecular weight is 468 g/mol. The molecule has 1 fully saturated rings.